The van der Waals surface area contributed by atoms with E-state index < -0.39 is 96.4 Å². The maximum Gasteiger partial charge on any atom is 0.417 e. The maximum absolute atomic E-state index is 12.6. The van der Waals surface area contributed by atoms with Gasteiger partial charge in [-0.15, -0.1) is 0 Å². The average Bonchev–Trinajstić information content (AvgIpc) is 3.08. The largest absolute Gasteiger partial charge is 0.744 e. The molecule has 4 aromatic rings. The Balaban J connectivity index is 0.000000361. The lowest BCUT2D eigenvalue weighted by molar-refractivity contribution is -0.158. The quantitative estimate of drug-likeness (QED) is 0.0662. The van der Waals surface area contributed by atoms with Crippen molar-refractivity contribution in [2.75, 3.05) is 13.2 Å². The minimum absolute atomic E-state index is 0.253. The number of benzene rings is 4. The molecule has 0 fully saturated rings. The van der Waals surface area contributed by atoms with Crippen LogP contribution in [-0.4, -0.2) is 49.3 Å². The molecular weight excluding hydrogens is 848 g/mol. The fourth-order valence-corrected chi connectivity index (χ4v) is 7.89. The SMILES string of the molecule is CC(C)(C)OC(=O)COc1cc(OCC(=O)OC(C)(C)C)cc([S+](c2ccccc2)c2ccccc2)c1.O=S(=O)([O-])c1c(C(F)(F)F)cc(C(F)(F)F)cc1C(F)(F)F. The van der Waals surface area contributed by atoms with Gasteiger partial charge < -0.3 is 23.5 Å². The molecule has 0 bridgehead atoms. The molecule has 0 aliphatic rings. The van der Waals surface area contributed by atoms with Crippen molar-refractivity contribution in [3.63, 3.8) is 0 Å². The Labute approximate surface area is 336 Å². The van der Waals surface area contributed by atoms with Crippen LogP contribution in [-0.2, 0) is 58.6 Å². The van der Waals surface area contributed by atoms with Crippen LogP contribution in [0, 0.1) is 0 Å². The minimum Gasteiger partial charge on any atom is -0.744 e. The summed E-state index contributed by atoms with van der Waals surface area (Å²) >= 11 is 0. The molecule has 0 atom stereocenters. The molecule has 4 aromatic carbocycles. The number of esters is 2. The summed E-state index contributed by atoms with van der Waals surface area (Å²) in [4.78, 5) is 24.9. The first-order valence-corrected chi connectivity index (χ1v) is 19.5. The van der Waals surface area contributed by atoms with E-state index in [1.165, 1.54) is 0 Å². The van der Waals surface area contributed by atoms with Gasteiger partial charge in [-0.25, -0.2) is 18.0 Å². The standard InChI is InChI=1S/C30H35O6S.C9H3F9O3S/c1-29(2,3)35-27(31)20-33-22-17-23(34-21-28(32)36-30(4,5)6)19-26(18-22)37(24-13-9-7-10-14-24)25-15-11-8-12-16-25;10-7(11,12)3-1-4(8(13,14)15)6(22(19,20)21)5(2-3)9(16,17)18/h7-19H,20-21H2,1-6H3;1-2H,(H,19,20,21)/q+1;/p-1. The van der Waals surface area contributed by atoms with Crippen LogP contribution in [0.2, 0.25) is 0 Å². The van der Waals surface area contributed by atoms with Gasteiger partial charge in [0.25, 0.3) is 0 Å². The molecule has 59 heavy (non-hydrogen) atoms. The molecule has 4 rings (SSSR count). The van der Waals surface area contributed by atoms with E-state index in [-0.39, 0.29) is 13.2 Å². The van der Waals surface area contributed by atoms with Crippen molar-refractivity contribution < 1.29 is 81.0 Å². The van der Waals surface area contributed by atoms with Crippen molar-refractivity contribution >= 4 is 33.0 Å². The number of carbonyl (C=O) groups excluding carboxylic acids is 2. The Hall–Kier alpha value is -4.95. The van der Waals surface area contributed by atoms with E-state index in [0.717, 1.165) is 14.7 Å². The predicted molar refractivity (Wildman–Crippen MR) is 194 cm³/mol. The molecule has 0 unspecified atom stereocenters. The minimum atomic E-state index is -6.35. The summed E-state index contributed by atoms with van der Waals surface area (Å²) in [6, 6.07) is 24.0. The van der Waals surface area contributed by atoms with E-state index in [1.54, 1.807) is 47.6 Å². The van der Waals surface area contributed by atoms with Crippen molar-refractivity contribution in [2.24, 2.45) is 0 Å². The second kappa shape index (κ2) is 18.5. The lowest BCUT2D eigenvalue weighted by Crippen LogP contribution is -2.27. The molecule has 322 valence electrons. The third kappa shape index (κ3) is 15.3. The van der Waals surface area contributed by atoms with Crippen molar-refractivity contribution in [3.05, 3.63) is 108 Å². The molecule has 0 saturated heterocycles. The van der Waals surface area contributed by atoms with Gasteiger partial charge in [-0.1, -0.05) is 36.4 Å². The van der Waals surface area contributed by atoms with Crippen LogP contribution in [0.1, 0.15) is 58.2 Å². The van der Waals surface area contributed by atoms with Crippen LogP contribution in [0.3, 0.4) is 0 Å². The number of rotatable bonds is 10. The molecule has 9 nitrogen and oxygen atoms in total. The summed E-state index contributed by atoms with van der Waals surface area (Å²) in [6.45, 7) is 10.3. The van der Waals surface area contributed by atoms with Gasteiger partial charge in [0.2, 0.25) is 0 Å². The first-order valence-electron chi connectivity index (χ1n) is 16.9. The number of hydrogen-bond acceptors (Lipinski definition) is 9. The van der Waals surface area contributed by atoms with Gasteiger partial charge in [-0.2, -0.15) is 39.5 Å². The number of hydrogen-bond donors (Lipinski definition) is 0. The van der Waals surface area contributed by atoms with E-state index >= 15 is 0 Å². The van der Waals surface area contributed by atoms with Gasteiger partial charge in [-0.05, 0) is 77.9 Å². The van der Waals surface area contributed by atoms with E-state index in [9.17, 15) is 62.1 Å². The molecule has 0 aromatic heterocycles. The number of ether oxygens (including phenoxy) is 4. The Morgan fingerprint density at radius 2 is 0.915 bits per heavy atom. The van der Waals surface area contributed by atoms with E-state index in [2.05, 4.69) is 24.3 Å². The van der Waals surface area contributed by atoms with Crippen LogP contribution in [0.5, 0.6) is 11.5 Å². The topological polar surface area (TPSA) is 128 Å². The monoisotopic (exact) mass is 884 g/mol. The van der Waals surface area contributed by atoms with Gasteiger partial charge in [-0.3, -0.25) is 0 Å². The van der Waals surface area contributed by atoms with Crippen molar-refractivity contribution in [1.29, 1.82) is 0 Å². The van der Waals surface area contributed by atoms with Crippen LogP contribution in [0.25, 0.3) is 0 Å². The number of carbonyl (C=O) groups is 2. The van der Waals surface area contributed by atoms with Crippen LogP contribution in [0.15, 0.2) is 111 Å². The third-order valence-corrected chi connectivity index (χ3v) is 10.0. The zero-order valence-corrected chi connectivity index (χ0v) is 33.6. The normalized spacial score (nSPS) is 12.6. The van der Waals surface area contributed by atoms with Crippen molar-refractivity contribution in [1.82, 2.24) is 0 Å². The molecule has 20 heteroatoms. The maximum atomic E-state index is 12.6. The first kappa shape index (κ1) is 48.4. The van der Waals surface area contributed by atoms with E-state index in [0.29, 0.717) is 11.5 Å². The molecule has 0 saturated carbocycles. The van der Waals surface area contributed by atoms with E-state index in [4.69, 9.17) is 18.9 Å². The van der Waals surface area contributed by atoms with Crippen LogP contribution in [0.4, 0.5) is 39.5 Å². The number of alkyl halides is 9. The van der Waals surface area contributed by atoms with Crippen LogP contribution >= 0.6 is 0 Å². The van der Waals surface area contributed by atoms with Crippen LogP contribution < -0.4 is 9.47 Å². The Bertz CT molecular complexity index is 2050. The highest BCUT2D eigenvalue weighted by Gasteiger charge is 2.46. The first-order chi connectivity index (χ1) is 26.8. The fourth-order valence-electron chi connectivity index (χ4n) is 4.86. The lowest BCUT2D eigenvalue weighted by Gasteiger charge is -2.22. The smallest absolute Gasteiger partial charge is 0.417 e. The fraction of sp³-hybridized carbons (Fsp3) is 0.333. The van der Waals surface area contributed by atoms with Gasteiger partial charge >= 0.3 is 30.5 Å². The Morgan fingerprint density at radius 3 is 1.20 bits per heavy atom. The summed E-state index contributed by atoms with van der Waals surface area (Å²) in [5.41, 5.74) is -9.28. The zero-order valence-electron chi connectivity index (χ0n) is 32.0. The average molecular weight is 885 g/mol. The molecule has 0 radical (unpaired) electrons. The summed E-state index contributed by atoms with van der Waals surface area (Å²) in [5, 5.41) is 0. The van der Waals surface area contributed by atoms with Crippen molar-refractivity contribution in [2.45, 2.75) is 90.9 Å². The second-order valence-corrected chi connectivity index (χ2v) is 17.5. The highest BCUT2D eigenvalue weighted by molar-refractivity contribution is 7.97. The molecule has 0 aliphatic heterocycles. The Morgan fingerprint density at radius 1 is 0.559 bits per heavy atom. The van der Waals surface area contributed by atoms with E-state index in [1.807, 2.05) is 48.5 Å². The van der Waals surface area contributed by atoms with Gasteiger partial charge in [0.1, 0.15) is 32.8 Å². The summed E-state index contributed by atoms with van der Waals surface area (Å²) < 4.78 is 167. The molecule has 0 N–H and O–H groups in total. The lowest BCUT2D eigenvalue weighted by atomic mass is 10.0. The molecule has 0 heterocycles. The summed E-state index contributed by atoms with van der Waals surface area (Å²) in [7, 11) is -6.84. The third-order valence-electron chi connectivity index (χ3n) is 6.88. The molecular formula is C39H37F9O9S2. The molecule has 0 aliphatic carbocycles. The molecule has 0 amide bonds. The summed E-state index contributed by atoms with van der Waals surface area (Å²) in [6.07, 6.45) is -17.5. The van der Waals surface area contributed by atoms with Crippen molar-refractivity contribution in [3.8, 4) is 11.5 Å². The van der Waals surface area contributed by atoms with Gasteiger partial charge in [0.15, 0.2) is 27.9 Å². The summed E-state index contributed by atoms with van der Waals surface area (Å²) in [5.74, 6) is -0.0719. The highest BCUT2D eigenvalue weighted by Crippen LogP contribution is 2.45. The number of halogens is 9. The van der Waals surface area contributed by atoms with Gasteiger partial charge in [0, 0.05) is 18.2 Å². The Kier molecular flexibility index (Phi) is 15.2. The molecule has 0 spiro atoms. The zero-order chi connectivity index (χ0) is 44.8. The second-order valence-electron chi connectivity index (χ2n) is 14.2. The van der Waals surface area contributed by atoms with Gasteiger partial charge in [0.05, 0.1) is 32.5 Å². The highest BCUT2D eigenvalue weighted by atomic mass is 32.2. The predicted octanol–water partition coefficient (Wildman–Crippen LogP) is 9.87.